The van der Waals surface area contributed by atoms with Crippen LogP contribution in [0.5, 0.6) is 5.75 Å². The van der Waals surface area contributed by atoms with E-state index < -0.39 is 0 Å². The number of likely N-dealkylation sites (N-methyl/N-ethyl adjacent to an activating group) is 2. The van der Waals surface area contributed by atoms with Crippen LogP contribution in [0.4, 0.5) is 0 Å². The van der Waals surface area contributed by atoms with Crippen molar-refractivity contribution < 1.29 is 9.53 Å². The summed E-state index contributed by atoms with van der Waals surface area (Å²) in [6.07, 6.45) is 2.89. The first-order valence-electron chi connectivity index (χ1n) is 11.1. The number of hydrogen-bond acceptors (Lipinski definition) is 3. The van der Waals surface area contributed by atoms with Gasteiger partial charge in [-0.25, -0.2) is 0 Å². The molecular weight excluding hydrogens is 372 g/mol. The zero-order valence-electron chi connectivity index (χ0n) is 18.9. The molecule has 2 fully saturated rings. The summed E-state index contributed by atoms with van der Waals surface area (Å²) in [5, 5.41) is 0. The highest BCUT2D eigenvalue weighted by Gasteiger charge is 2.54. The van der Waals surface area contributed by atoms with Gasteiger partial charge < -0.3 is 9.64 Å². The van der Waals surface area contributed by atoms with Gasteiger partial charge in [0, 0.05) is 25.2 Å². The minimum atomic E-state index is -0.315. The molecule has 4 nitrogen and oxygen atoms in total. The Morgan fingerprint density at radius 2 is 1.93 bits per heavy atom. The summed E-state index contributed by atoms with van der Waals surface area (Å²) in [6.45, 7) is 8.02. The van der Waals surface area contributed by atoms with E-state index in [0.29, 0.717) is 12.5 Å². The lowest BCUT2D eigenvalue weighted by Gasteiger charge is -2.33. The lowest BCUT2D eigenvalue weighted by Crippen LogP contribution is -2.48. The van der Waals surface area contributed by atoms with E-state index in [1.54, 1.807) is 0 Å². The van der Waals surface area contributed by atoms with E-state index in [1.165, 1.54) is 16.7 Å². The van der Waals surface area contributed by atoms with Crippen molar-refractivity contribution in [1.82, 2.24) is 9.80 Å². The molecule has 4 rings (SSSR count). The predicted molar refractivity (Wildman–Crippen MR) is 122 cm³/mol. The van der Waals surface area contributed by atoms with Crippen LogP contribution in [0.2, 0.25) is 0 Å². The Morgan fingerprint density at radius 1 is 1.13 bits per heavy atom. The zero-order valence-corrected chi connectivity index (χ0v) is 18.9. The lowest BCUT2D eigenvalue weighted by atomic mass is 9.95. The molecule has 4 heteroatoms. The van der Waals surface area contributed by atoms with Gasteiger partial charge in [-0.2, -0.15) is 0 Å². The number of hydrogen-bond donors (Lipinski definition) is 0. The molecule has 0 saturated carbocycles. The monoisotopic (exact) mass is 406 g/mol. The second-order valence-corrected chi connectivity index (χ2v) is 9.50. The van der Waals surface area contributed by atoms with Crippen molar-refractivity contribution in [1.29, 1.82) is 0 Å². The van der Waals surface area contributed by atoms with Gasteiger partial charge in [0.15, 0.2) is 0 Å². The normalized spacial score (nSPS) is 24.4. The van der Waals surface area contributed by atoms with Crippen LogP contribution < -0.4 is 4.74 Å². The number of rotatable bonds is 5. The molecule has 30 heavy (non-hydrogen) atoms. The maximum absolute atomic E-state index is 12.9. The van der Waals surface area contributed by atoms with Gasteiger partial charge in [-0.15, -0.1) is 0 Å². The van der Waals surface area contributed by atoms with E-state index >= 15 is 0 Å². The third kappa shape index (κ3) is 3.62. The second kappa shape index (κ2) is 8.07. The molecule has 2 atom stereocenters. The quantitative estimate of drug-likeness (QED) is 0.695. The van der Waals surface area contributed by atoms with Crippen molar-refractivity contribution in [2.75, 3.05) is 27.2 Å². The molecule has 1 amide bonds. The molecule has 0 aliphatic carbocycles. The molecule has 2 heterocycles. The van der Waals surface area contributed by atoms with Crippen LogP contribution in [0.1, 0.15) is 50.3 Å². The fourth-order valence-corrected chi connectivity index (χ4v) is 5.07. The Kier molecular flexibility index (Phi) is 5.63. The molecule has 2 aromatic rings. The van der Waals surface area contributed by atoms with Gasteiger partial charge in [0.25, 0.3) is 0 Å². The van der Waals surface area contributed by atoms with Gasteiger partial charge in [-0.1, -0.05) is 43.7 Å². The van der Waals surface area contributed by atoms with Crippen molar-refractivity contribution in [3.63, 3.8) is 0 Å². The molecule has 0 N–H and O–H groups in total. The zero-order chi connectivity index (χ0) is 21.5. The number of benzene rings is 2. The average molecular weight is 407 g/mol. The van der Waals surface area contributed by atoms with Crippen LogP contribution in [-0.4, -0.2) is 48.5 Å². The maximum atomic E-state index is 12.9. The SMILES string of the molecule is Cc1ccc(OCC(C)C)c(-c2cccc(C3CCC4(CCN(C)C4=O)N3C)c2)c1. The van der Waals surface area contributed by atoms with Crippen LogP contribution in [0.3, 0.4) is 0 Å². The third-order valence-corrected chi connectivity index (χ3v) is 6.87. The first kappa shape index (κ1) is 20.9. The van der Waals surface area contributed by atoms with Crippen molar-refractivity contribution >= 4 is 5.91 Å². The Labute approximate surface area is 180 Å². The summed E-state index contributed by atoms with van der Waals surface area (Å²) in [6, 6.07) is 15.5. The van der Waals surface area contributed by atoms with Gasteiger partial charge in [-0.05, 0) is 68.5 Å². The average Bonchev–Trinajstić information content (AvgIpc) is 3.22. The molecule has 160 valence electrons. The summed E-state index contributed by atoms with van der Waals surface area (Å²) < 4.78 is 6.14. The topological polar surface area (TPSA) is 32.8 Å². The van der Waals surface area contributed by atoms with Crippen LogP contribution >= 0.6 is 0 Å². The lowest BCUT2D eigenvalue weighted by molar-refractivity contribution is -0.135. The highest BCUT2D eigenvalue weighted by Crippen LogP contribution is 2.47. The minimum Gasteiger partial charge on any atom is -0.493 e. The van der Waals surface area contributed by atoms with Gasteiger partial charge in [0.05, 0.1) is 6.61 Å². The van der Waals surface area contributed by atoms with Crippen LogP contribution in [-0.2, 0) is 4.79 Å². The molecule has 1 spiro atoms. The first-order valence-corrected chi connectivity index (χ1v) is 11.1. The summed E-state index contributed by atoms with van der Waals surface area (Å²) in [4.78, 5) is 17.1. The van der Waals surface area contributed by atoms with E-state index in [2.05, 4.69) is 75.2 Å². The van der Waals surface area contributed by atoms with Crippen LogP contribution in [0.15, 0.2) is 42.5 Å². The predicted octanol–water partition coefficient (Wildman–Crippen LogP) is 5.06. The Balaban J connectivity index is 1.65. The van der Waals surface area contributed by atoms with Crippen molar-refractivity contribution in [2.45, 2.75) is 51.6 Å². The molecule has 2 aliphatic rings. The Hall–Kier alpha value is -2.33. The summed E-state index contributed by atoms with van der Waals surface area (Å²) in [5.74, 6) is 1.71. The van der Waals surface area contributed by atoms with Crippen LogP contribution in [0.25, 0.3) is 11.1 Å². The number of ether oxygens (including phenoxy) is 1. The number of carbonyl (C=O) groups excluding carboxylic acids is 1. The van der Waals surface area contributed by atoms with Crippen molar-refractivity contribution in [3.8, 4) is 16.9 Å². The highest BCUT2D eigenvalue weighted by atomic mass is 16.5. The fourth-order valence-electron chi connectivity index (χ4n) is 5.07. The molecule has 0 aromatic heterocycles. The maximum Gasteiger partial charge on any atom is 0.242 e. The van der Waals surface area contributed by atoms with E-state index in [1.807, 2.05) is 11.9 Å². The molecule has 0 bridgehead atoms. The first-order chi connectivity index (χ1) is 14.3. The number of carbonyl (C=O) groups is 1. The van der Waals surface area contributed by atoms with E-state index in [4.69, 9.17) is 4.74 Å². The number of amides is 1. The van der Waals surface area contributed by atoms with Crippen molar-refractivity contribution in [2.24, 2.45) is 5.92 Å². The molecular formula is C26H34N2O2. The van der Waals surface area contributed by atoms with Gasteiger partial charge in [0.1, 0.15) is 11.3 Å². The van der Waals surface area contributed by atoms with E-state index in [-0.39, 0.29) is 17.5 Å². The van der Waals surface area contributed by atoms with E-state index in [0.717, 1.165) is 37.1 Å². The number of likely N-dealkylation sites (tertiary alicyclic amines) is 2. The number of aryl methyl sites for hydroxylation is 1. The number of nitrogens with zero attached hydrogens (tertiary/aromatic N) is 2. The summed E-state index contributed by atoms with van der Waals surface area (Å²) >= 11 is 0. The van der Waals surface area contributed by atoms with Crippen LogP contribution in [0, 0.1) is 12.8 Å². The highest BCUT2D eigenvalue weighted by molar-refractivity contribution is 5.88. The fraction of sp³-hybridized carbons (Fsp3) is 0.500. The minimum absolute atomic E-state index is 0.269. The van der Waals surface area contributed by atoms with Gasteiger partial charge >= 0.3 is 0 Å². The van der Waals surface area contributed by atoms with E-state index in [9.17, 15) is 4.79 Å². The summed E-state index contributed by atoms with van der Waals surface area (Å²) in [5.41, 5.74) is 4.52. The molecule has 0 radical (unpaired) electrons. The third-order valence-electron chi connectivity index (χ3n) is 6.87. The largest absolute Gasteiger partial charge is 0.493 e. The standard InChI is InChI=1S/C26H34N2O2/c1-18(2)17-30-24-10-9-19(3)15-22(24)20-7-6-8-21(16-20)23-11-12-26(28(23)5)13-14-27(4)25(26)29/h6-10,15-16,18,23H,11-14,17H2,1-5H3. The Morgan fingerprint density at radius 3 is 2.63 bits per heavy atom. The van der Waals surface area contributed by atoms with Crippen molar-refractivity contribution in [3.05, 3.63) is 53.6 Å². The molecule has 2 unspecified atom stereocenters. The molecule has 2 saturated heterocycles. The smallest absolute Gasteiger partial charge is 0.242 e. The van der Waals surface area contributed by atoms with Gasteiger partial charge in [0.2, 0.25) is 5.91 Å². The summed E-state index contributed by atoms with van der Waals surface area (Å²) in [7, 11) is 4.06. The second-order valence-electron chi connectivity index (χ2n) is 9.50. The molecule has 2 aliphatic heterocycles. The Bertz CT molecular complexity index is 938. The van der Waals surface area contributed by atoms with Gasteiger partial charge in [-0.3, -0.25) is 9.69 Å². The molecule has 2 aromatic carbocycles.